The Kier molecular flexibility index (Phi) is 4.65. The quantitative estimate of drug-likeness (QED) is 0.759. The lowest BCUT2D eigenvalue weighted by atomic mass is 9.91. The van der Waals surface area contributed by atoms with Crippen molar-refractivity contribution in [2.45, 2.75) is 10.4 Å². The van der Waals surface area contributed by atoms with Gasteiger partial charge in [0.1, 0.15) is 0 Å². The van der Waals surface area contributed by atoms with Crippen LogP contribution in [0.3, 0.4) is 0 Å². The highest BCUT2D eigenvalue weighted by molar-refractivity contribution is 6.48. The summed E-state index contributed by atoms with van der Waals surface area (Å²) in [5.74, 6) is -0.738. The summed E-state index contributed by atoms with van der Waals surface area (Å²) in [5, 5.41) is 11.0. The Morgan fingerprint density at radius 3 is 1.47 bits per heavy atom. The standard InChI is InChI=1S/C14H10Cl4O/c15-11-7-3-1-5-9(11)13(14(17,18)19)10-6-2-4-8-12(10)16/h1-8,13,19H. The van der Waals surface area contributed by atoms with Gasteiger partial charge in [0.05, 0.1) is 5.92 Å². The van der Waals surface area contributed by atoms with Crippen LogP contribution in [-0.2, 0) is 0 Å². The summed E-state index contributed by atoms with van der Waals surface area (Å²) in [4.78, 5) is 0. The Bertz CT molecular complexity index is 532. The second kappa shape index (κ2) is 5.90. The molecule has 0 aliphatic carbocycles. The molecule has 0 saturated carbocycles. The van der Waals surface area contributed by atoms with Gasteiger partial charge in [-0.3, -0.25) is 0 Å². The third-order valence-electron chi connectivity index (χ3n) is 2.78. The van der Waals surface area contributed by atoms with Crippen LogP contribution in [0.25, 0.3) is 0 Å². The Hall–Kier alpha value is -0.440. The highest BCUT2D eigenvalue weighted by Crippen LogP contribution is 2.44. The molecule has 19 heavy (non-hydrogen) atoms. The molecule has 0 heterocycles. The van der Waals surface area contributed by atoms with E-state index in [1.165, 1.54) is 0 Å². The molecule has 0 radical (unpaired) electrons. The van der Waals surface area contributed by atoms with Gasteiger partial charge in [-0.05, 0) is 23.3 Å². The Labute approximate surface area is 131 Å². The molecule has 0 aromatic heterocycles. The van der Waals surface area contributed by atoms with Crippen molar-refractivity contribution < 1.29 is 5.11 Å². The molecule has 0 saturated heterocycles. The normalized spacial score (nSPS) is 11.9. The molecule has 2 aromatic rings. The molecule has 0 fully saturated rings. The predicted molar refractivity (Wildman–Crippen MR) is 81.4 cm³/mol. The highest BCUT2D eigenvalue weighted by Gasteiger charge is 2.37. The molecule has 2 rings (SSSR count). The first-order valence-corrected chi connectivity index (χ1v) is 7.01. The van der Waals surface area contributed by atoms with E-state index in [1.54, 1.807) is 48.5 Å². The Balaban J connectivity index is 2.62. The van der Waals surface area contributed by atoms with Crippen molar-refractivity contribution in [2.75, 3.05) is 0 Å². The zero-order valence-corrected chi connectivity index (χ0v) is 12.7. The van der Waals surface area contributed by atoms with Crippen molar-refractivity contribution in [3.8, 4) is 0 Å². The summed E-state index contributed by atoms with van der Waals surface area (Å²) >= 11 is 24.1. The van der Waals surface area contributed by atoms with Crippen molar-refractivity contribution in [3.05, 3.63) is 69.7 Å². The number of rotatable bonds is 3. The fourth-order valence-corrected chi connectivity index (χ4v) is 2.92. The molecular weight excluding hydrogens is 326 g/mol. The van der Waals surface area contributed by atoms with E-state index in [0.29, 0.717) is 21.2 Å². The van der Waals surface area contributed by atoms with Crippen LogP contribution in [0.2, 0.25) is 10.0 Å². The van der Waals surface area contributed by atoms with E-state index in [0.717, 1.165) is 0 Å². The molecule has 0 spiro atoms. The second-order valence-electron chi connectivity index (χ2n) is 4.06. The van der Waals surface area contributed by atoms with Crippen LogP contribution in [0.1, 0.15) is 17.0 Å². The van der Waals surface area contributed by atoms with Crippen LogP contribution >= 0.6 is 46.4 Å². The molecule has 0 aliphatic heterocycles. The minimum Gasteiger partial charge on any atom is -0.362 e. The zero-order valence-electron chi connectivity index (χ0n) is 9.66. The van der Waals surface area contributed by atoms with Crippen LogP contribution in [0.5, 0.6) is 0 Å². The van der Waals surface area contributed by atoms with E-state index in [1.807, 2.05) is 0 Å². The SMILES string of the molecule is OC(Cl)(Cl)C(c1ccccc1Cl)c1ccccc1Cl. The lowest BCUT2D eigenvalue weighted by Crippen LogP contribution is -2.24. The minimum atomic E-state index is -2.02. The van der Waals surface area contributed by atoms with E-state index in [2.05, 4.69) is 0 Å². The third-order valence-corrected chi connectivity index (χ3v) is 3.90. The van der Waals surface area contributed by atoms with Crippen LogP contribution < -0.4 is 0 Å². The first-order chi connectivity index (χ1) is 8.91. The second-order valence-corrected chi connectivity index (χ2v) is 6.22. The number of halogens is 4. The monoisotopic (exact) mass is 334 g/mol. The van der Waals surface area contributed by atoms with Gasteiger partial charge in [0.2, 0.25) is 4.52 Å². The first kappa shape index (κ1) is 15.0. The largest absolute Gasteiger partial charge is 0.362 e. The predicted octanol–water partition coefficient (Wildman–Crippen LogP) is 5.25. The molecule has 0 bridgehead atoms. The molecule has 0 amide bonds. The number of alkyl halides is 2. The van der Waals surface area contributed by atoms with E-state index in [9.17, 15) is 5.11 Å². The van der Waals surface area contributed by atoms with Crippen LogP contribution in [-0.4, -0.2) is 9.63 Å². The van der Waals surface area contributed by atoms with Gasteiger partial charge < -0.3 is 5.11 Å². The summed E-state index contributed by atoms with van der Waals surface area (Å²) in [5.41, 5.74) is 1.23. The van der Waals surface area contributed by atoms with Crippen LogP contribution in [0.4, 0.5) is 0 Å². The molecule has 2 aromatic carbocycles. The van der Waals surface area contributed by atoms with Gasteiger partial charge in [0.15, 0.2) is 0 Å². The van der Waals surface area contributed by atoms with Gasteiger partial charge in [0.25, 0.3) is 0 Å². The molecule has 5 heteroatoms. The smallest absolute Gasteiger partial charge is 0.226 e. The number of benzene rings is 2. The Morgan fingerprint density at radius 2 is 1.16 bits per heavy atom. The van der Waals surface area contributed by atoms with Crippen molar-refractivity contribution in [1.29, 1.82) is 0 Å². The molecule has 100 valence electrons. The zero-order chi connectivity index (χ0) is 14.0. The number of hydrogen-bond donors (Lipinski definition) is 1. The molecule has 1 N–H and O–H groups in total. The van der Waals surface area contributed by atoms with E-state index in [-0.39, 0.29) is 0 Å². The van der Waals surface area contributed by atoms with E-state index >= 15 is 0 Å². The number of hydrogen-bond acceptors (Lipinski definition) is 1. The van der Waals surface area contributed by atoms with Crippen molar-refractivity contribution >= 4 is 46.4 Å². The van der Waals surface area contributed by atoms with Gasteiger partial charge in [-0.15, -0.1) is 0 Å². The Morgan fingerprint density at radius 1 is 0.789 bits per heavy atom. The van der Waals surface area contributed by atoms with Gasteiger partial charge >= 0.3 is 0 Å². The maximum absolute atomic E-state index is 10.0. The number of aliphatic hydroxyl groups is 1. The molecular formula is C14H10Cl4O. The van der Waals surface area contributed by atoms with E-state index < -0.39 is 10.4 Å². The maximum atomic E-state index is 10.0. The van der Waals surface area contributed by atoms with Gasteiger partial charge in [-0.2, -0.15) is 0 Å². The first-order valence-electron chi connectivity index (χ1n) is 5.50. The fraction of sp³-hybridized carbons (Fsp3) is 0.143. The van der Waals surface area contributed by atoms with Crippen LogP contribution in [0, 0.1) is 0 Å². The lowest BCUT2D eigenvalue weighted by Gasteiger charge is -2.27. The van der Waals surface area contributed by atoms with E-state index in [4.69, 9.17) is 46.4 Å². The maximum Gasteiger partial charge on any atom is 0.226 e. The molecule has 0 aliphatic rings. The topological polar surface area (TPSA) is 20.2 Å². The van der Waals surface area contributed by atoms with Crippen molar-refractivity contribution in [3.63, 3.8) is 0 Å². The van der Waals surface area contributed by atoms with Crippen LogP contribution in [0.15, 0.2) is 48.5 Å². The lowest BCUT2D eigenvalue weighted by molar-refractivity contribution is 0.196. The van der Waals surface area contributed by atoms with Gasteiger partial charge in [-0.1, -0.05) is 82.8 Å². The molecule has 0 atom stereocenters. The average Bonchev–Trinajstić information content (AvgIpc) is 2.33. The minimum absolute atomic E-state index is 0.465. The molecule has 0 unspecified atom stereocenters. The van der Waals surface area contributed by atoms with Gasteiger partial charge in [-0.25, -0.2) is 0 Å². The summed E-state index contributed by atoms with van der Waals surface area (Å²) in [6, 6.07) is 14.1. The van der Waals surface area contributed by atoms with Crippen molar-refractivity contribution in [1.82, 2.24) is 0 Å². The highest BCUT2D eigenvalue weighted by atomic mass is 35.5. The summed E-state index contributed by atoms with van der Waals surface area (Å²) in [6.45, 7) is 0. The summed E-state index contributed by atoms with van der Waals surface area (Å²) < 4.78 is -2.02. The van der Waals surface area contributed by atoms with Crippen molar-refractivity contribution in [2.24, 2.45) is 0 Å². The van der Waals surface area contributed by atoms with Gasteiger partial charge in [0, 0.05) is 10.0 Å². The summed E-state index contributed by atoms with van der Waals surface area (Å²) in [6.07, 6.45) is 0. The summed E-state index contributed by atoms with van der Waals surface area (Å²) in [7, 11) is 0. The third kappa shape index (κ3) is 3.36. The average molecular weight is 336 g/mol. The fourth-order valence-electron chi connectivity index (χ4n) is 1.96. The molecule has 1 nitrogen and oxygen atoms in total.